The van der Waals surface area contributed by atoms with Gasteiger partial charge in [-0.05, 0) is 30.9 Å². The largest absolute Gasteiger partial charge is 0.481 e. The van der Waals surface area contributed by atoms with Gasteiger partial charge >= 0.3 is 11.7 Å². The number of thioether (sulfide) groups is 1. The van der Waals surface area contributed by atoms with Crippen LogP contribution in [0.3, 0.4) is 0 Å². The maximum absolute atomic E-state index is 12.6. The van der Waals surface area contributed by atoms with Crippen molar-refractivity contribution in [3.05, 3.63) is 51.3 Å². The summed E-state index contributed by atoms with van der Waals surface area (Å²) in [5, 5.41) is 26.9. The third-order valence-corrected chi connectivity index (χ3v) is 4.53. The number of aromatic nitrogens is 2. The van der Waals surface area contributed by atoms with Crippen LogP contribution in [-0.2, 0) is 11.8 Å². The van der Waals surface area contributed by atoms with Crippen molar-refractivity contribution in [3.8, 4) is 0 Å². The zero-order valence-corrected chi connectivity index (χ0v) is 15.2. The fraction of sp³-hybridized carbons (Fsp3) is 0.312. The van der Waals surface area contributed by atoms with E-state index in [1.54, 1.807) is 12.1 Å². The molecule has 2 aromatic rings. The number of hydrogen-bond donors (Lipinski definition) is 2. The SMILES string of the molecule is CSc1ccc(C(CC(=O)O)NC(=O)c2c([N+](=O)[O-])c(C)nn2C)cc1. The minimum atomic E-state index is -1.10. The van der Waals surface area contributed by atoms with Crippen LogP contribution < -0.4 is 5.32 Å². The van der Waals surface area contributed by atoms with E-state index in [1.807, 2.05) is 18.4 Å². The van der Waals surface area contributed by atoms with Gasteiger partial charge in [-0.25, -0.2) is 0 Å². The quantitative estimate of drug-likeness (QED) is 0.430. The molecular formula is C16H18N4O5S. The smallest absolute Gasteiger partial charge is 0.322 e. The minimum absolute atomic E-state index is 0.113. The number of carbonyl (C=O) groups excluding carboxylic acids is 1. The molecule has 0 radical (unpaired) electrons. The molecule has 9 nitrogen and oxygen atoms in total. The molecule has 0 bridgehead atoms. The number of nitrogens with zero attached hydrogens (tertiary/aromatic N) is 3. The minimum Gasteiger partial charge on any atom is -0.481 e. The van der Waals surface area contributed by atoms with Crippen LogP contribution in [0.4, 0.5) is 5.69 Å². The van der Waals surface area contributed by atoms with Gasteiger partial charge in [0.25, 0.3) is 5.91 Å². The van der Waals surface area contributed by atoms with Gasteiger partial charge in [0.2, 0.25) is 5.69 Å². The third kappa shape index (κ3) is 4.20. The zero-order chi connectivity index (χ0) is 19.4. The topological polar surface area (TPSA) is 127 Å². The highest BCUT2D eigenvalue weighted by molar-refractivity contribution is 7.98. The van der Waals surface area contributed by atoms with Crippen LogP contribution >= 0.6 is 11.8 Å². The van der Waals surface area contributed by atoms with Crippen molar-refractivity contribution in [2.75, 3.05) is 6.26 Å². The van der Waals surface area contributed by atoms with Gasteiger partial charge < -0.3 is 10.4 Å². The predicted octanol–water partition coefficient (Wildman–Crippen LogP) is 2.30. The van der Waals surface area contributed by atoms with E-state index in [0.29, 0.717) is 5.56 Å². The van der Waals surface area contributed by atoms with Gasteiger partial charge in [-0.1, -0.05) is 12.1 Å². The Kier molecular flexibility index (Phi) is 5.98. The summed E-state index contributed by atoms with van der Waals surface area (Å²) in [5.74, 6) is -1.85. The first-order chi connectivity index (χ1) is 12.2. The second-order valence-corrected chi connectivity index (χ2v) is 6.44. The van der Waals surface area contributed by atoms with Crippen LogP contribution in [0.1, 0.15) is 34.2 Å². The van der Waals surface area contributed by atoms with Crippen molar-refractivity contribution in [1.29, 1.82) is 0 Å². The number of aliphatic carboxylic acids is 1. The number of carboxylic acid groups (broad SMARTS) is 1. The molecule has 0 fully saturated rings. The zero-order valence-electron chi connectivity index (χ0n) is 14.4. The van der Waals surface area contributed by atoms with Crippen LogP contribution in [0, 0.1) is 17.0 Å². The average molecular weight is 378 g/mol. The van der Waals surface area contributed by atoms with E-state index in [4.69, 9.17) is 5.11 Å². The van der Waals surface area contributed by atoms with Gasteiger partial charge in [0.05, 0.1) is 17.4 Å². The Labute approximate surface area is 153 Å². The molecule has 0 aliphatic carbocycles. The molecule has 10 heteroatoms. The molecule has 1 unspecified atom stereocenters. The average Bonchev–Trinajstić information content (AvgIpc) is 2.88. The molecule has 0 saturated carbocycles. The Morgan fingerprint density at radius 2 is 2.00 bits per heavy atom. The Hall–Kier alpha value is -2.88. The van der Waals surface area contributed by atoms with Crippen molar-refractivity contribution >= 4 is 29.3 Å². The summed E-state index contributed by atoms with van der Waals surface area (Å²) in [6.07, 6.45) is 1.56. The van der Waals surface area contributed by atoms with E-state index in [1.165, 1.54) is 25.7 Å². The summed E-state index contributed by atoms with van der Waals surface area (Å²) in [6, 6.07) is 6.26. The number of nitro groups is 1. The molecule has 0 aliphatic heterocycles. The molecule has 26 heavy (non-hydrogen) atoms. The van der Waals surface area contributed by atoms with Gasteiger partial charge in [-0.3, -0.25) is 24.4 Å². The lowest BCUT2D eigenvalue weighted by Gasteiger charge is -2.17. The lowest BCUT2D eigenvalue weighted by atomic mass is 10.0. The molecule has 1 aromatic heterocycles. The van der Waals surface area contributed by atoms with E-state index >= 15 is 0 Å². The first kappa shape index (κ1) is 19.4. The number of carboxylic acids is 1. The number of nitrogens with one attached hydrogen (secondary N) is 1. The normalized spacial score (nSPS) is 11.8. The van der Waals surface area contributed by atoms with E-state index < -0.39 is 28.5 Å². The molecule has 1 amide bonds. The van der Waals surface area contributed by atoms with E-state index in [9.17, 15) is 19.7 Å². The Balaban J connectivity index is 2.35. The molecule has 0 saturated heterocycles. The van der Waals surface area contributed by atoms with Gasteiger partial charge in [-0.2, -0.15) is 5.10 Å². The van der Waals surface area contributed by atoms with Gasteiger partial charge in [-0.15, -0.1) is 11.8 Å². The van der Waals surface area contributed by atoms with E-state index in [2.05, 4.69) is 10.4 Å². The molecule has 1 aromatic carbocycles. The Morgan fingerprint density at radius 3 is 2.50 bits per heavy atom. The molecule has 0 spiro atoms. The Bertz CT molecular complexity index is 847. The molecular weight excluding hydrogens is 360 g/mol. The second kappa shape index (κ2) is 8.00. The van der Waals surface area contributed by atoms with Crippen molar-refractivity contribution < 1.29 is 19.6 Å². The fourth-order valence-electron chi connectivity index (χ4n) is 2.61. The highest BCUT2D eigenvalue weighted by Gasteiger charge is 2.31. The number of carbonyl (C=O) groups is 2. The van der Waals surface area contributed by atoms with Crippen LogP contribution in [0.25, 0.3) is 0 Å². The summed E-state index contributed by atoms with van der Waals surface area (Å²) in [7, 11) is 1.42. The predicted molar refractivity (Wildman–Crippen MR) is 95.3 cm³/mol. The molecule has 0 aliphatic rings. The standard InChI is InChI=1S/C16H18N4O5S/c1-9-14(20(24)25)15(19(2)18-9)16(23)17-12(8-13(21)22)10-4-6-11(26-3)7-5-10/h4-7,12H,8H2,1-3H3,(H,17,23)(H,21,22). The molecule has 138 valence electrons. The summed E-state index contributed by atoms with van der Waals surface area (Å²) in [6.45, 7) is 1.44. The summed E-state index contributed by atoms with van der Waals surface area (Å²) < 4.78 is 1.12. The molecule has 1 heterocycles. The van der Waals surface area contributed by atoms with Crippen molar-refractivity contribution in [2.24, 2.45) is 7.05 Å². The molecule has 1 atom stereocenters. The number of benzene rings is 1. The van der Waals surface area contributed by atoms with Crippen LogP contribution in [0.5, 0.6) is 0 Å². The van der Waals surface area contributed by atoms with Crippen molar-refractivity contribution in [2.45, 2.75) is 24.3 Å². The first-order valence-corrected chi connectivity index (χ1v) is 8.81. The highest BCUT2D eigenvalue weighted by atomic mass is 32.2. The van der Waals surface area contributed by atoms with Crippen molar-refractivity contribution in [3.63, 3.8) is 0 Å². The number of amides is 1. The van der Waals surface area contributed by atoms with Gasteiger partial charge in [0, 0.05) is 11.9 Å². The summed E-state index contributed by atoms with van der Waals surface area (Å²) in [4.78, 5) is 35.4. The van der Waals surface area contributed by atoms with Crippen molar-refractivity contribution in [1.82, 2.24) is 15.1 Å². The fourth-order valence-corrected chi connectivity index (χ4v) is 3.02. The number of rotatable bonds is 7. The highest BCUT2D eigenvalue weighted by Crippen LogP contribution is 2.25. The maximum Gasteiger partial charge on any atom is 0.322 e. The number of aryl methyl sites for hydroxylation is 2. The lowest BCUT2D eigenvalue weighted by molar-refractivity contribution is -0.385. The maximum atomic E-state index is 12.6. The summed E-state index contributed by atoms with van der Waals surface area (Å²) in [5.41, 5.74) is 0.0993. The number of hydrogen-bond acceptors (Lipinski definition) is 6. The second-order valence-electron chi connectivity index (χ2n) is 5.56. The van der Waals surface area contributed by atoms with E-state index in [0.717, 1.165) is 9.58 Å². The summed E-state index contributed by atoms with van der Waals surface area (Å²) >= 11 is 1.53. The molecule has 2 N–H and O–H groups in total. The van der Waals surface area contributed by atoms with Gasteiger partial charge in [0.15, 0.2) is 0 Å². The van der Waals surface area contributed by atoms with E-state index in [-0.39, 0.29) is 17.8 Å². The van der Waals surface area contributed by atoms with Crippen LogP contribution in [-0.4, -0.2) is 37.9 Å². The third-order valence-electron chi connectivity index (χ3n) is 3.79. The molecule has 2 rings (SSSR count). The monoisotopic (exact) mass is 378 g/mol. The van der Waals surface area contributed by atoms with Gasteiger partial charge in [0.1, 0.15) is 5.69 Å². The lowest BCUT2D eigenvalue weighted by Crippen LogP contribution is -2.32. The first-order valence-electron chi connectivity index (χ1n) is 7.59. The van der Waals surface area contributed by atoms with Crippen LogP contribution in [0.15, 0.2) is 29.2 Å². The van der Waals surface area contributed by atoms with Crippen LogP contribution in [0.2, 0.25) is 0 Å². The Morgan fingerprint density at radius 1 is 1.38 bits per heavy atom.